The number of carboxylic acid groups (broad SMARTS) is 1. The molecule has 33 heavy (non-hydrogen) atoms. The summed E-state index contributed by atoms with van der Waals surface area (Å²) in [5.74, 6) is 0.876. The number of aliphatic carboxylic acids is 1. The van der Waals surface area contributed by atoms with Crippen molar-refractivity contribution in [3.8, 4) is 0 Å². The first-order valence-electron chi connectivity index (χ1n) is 11.2. The summed E-state index contributed by atoms with van der Waals surface area (Å²) in [5.41, 5.74) is 4.54. The Bertz CT molecular complexity index is 1260. The van der Waals surface area contributed by atoms with Gasteiger partial charge in [0.1, 0.15) is 11.3 Å². The van der Waals surface area contributed by atoms with Gasteiger partial charge in [0.15, 0.2) is 17.8 Å². The van der Waals surface area contributed by atoms with Crippen LogP contribution < -0.4 is 5.32 Å². The molecule has 0 amide bonds. The molecular formula is C24H25N5O4. The first-order valence-corrected chi connectivity index (χ1v) is 11.2. The lowest BCUT2D eigenvalue weighted by molar-refractivity contribution is -0.137. The molecular weight excluding hydrogens is 422 g/mol. The van der Waals surface area contributed by atoms with Gasteiger partial charge < -0.3 is 19.4 Å². The van der Waals surface area contributed by atoms with Crippen LogP contribution in [0.1, 0.15) is 53.7 Å². The molecule has 0 spiro atoms. The van der Waals surface area contributed by atoms with Crippen LogP contribution in [0.3, 0.4) is 0 Å². The Morgan fingerprint density at radius 1 is 1.18 bits per heavy atom. The Morgan fingerprint density at radius 2 is 2.12 bits per heavy atom. The van der Waals surface area contributed by atoms with E-state index in [1.807, 2.05) is 18.2 Å². The second-order valence-electron chi connectivity index (χ2n) is 8.38. The van der Waals surface area contributed by atoms with Gasteiger partial charge in [-0.1, -0.05) is 17.3 Å². The Balaban J connectivity index is 1.21. The molecule has 5 rings (SSSR count). The monoisotopic (exact) mass is 447 g/mol. The van der Waals surface area contributed by atoms with E-state index in [9.17, 15) is 9.90 Å². The number of rotatable bonds is 9. The lowest BCUT2D eigenvalue weighted by Crippen LogP contribution is -2.14. The molecule has 0 saturated heterocycles. The predicted molar refractivity (Wildman–Crippen MR) is 120 cm³/mol. The van der Waals surface area contributed by atoms with Gasteiger partial charge in [-0.3, -0.25) is 4.79 Å². The fraction of sp³-hybridized carbons (Fsp3) is 0.375. The minimum Gasteiger partial charge on any atom is -0.481 e. The van der Waals surface area contributed by atoms with Crippen molar-refractivity contribution < 1.29 is 18.8 Å². The molecule has 1 atom stereocenters. The van der Waals surface area contributed by atoms with Gasteiger partial charge in [0.25, 0.3) is 0 Å². The zero-order valence-electron chi connectivity index (χ0n) is 18.2. The van der Waals surface area contributed by atoms with Crippen molar-refractivity contribution in [1.29, 1.82) is 0 Å². The fourth-order valence-corrected chi connectivity index (χ4v) is 4.27. The molecule has 0 fully saturated rings. The molecule has 4 heterocycles. The van der Waals surface area contributed by atoms with Crippen molar-refractivity contribution in [1.82, 2.24) is 20.1 Å². The molecule has 2 N–H and O–H groups in total. The number of hydrogen-bond donors (Lipinski definition) is 2. The maximum atomic E-state index is 11.4. The van der Waals surface area contributed by atoms with E-state index >= 15 is 0 Å². The topological polar surface area (TPSA) is 127 Å². The van der Waals surface area contributed by atoms with E-state index in [-0.39, 0.29) is 12.3 Å². The maximum absolute atomic E-state index is 11.4. The first-order chi connectivity index (χ1) is 16.1. The van der Waals surface area contributed by atoms with Crippen molar-refractivity contribution in [3.63, 3.8) is 0 Å². The summed E-state index contributed by atoms with van der Waals surface area (Å²) in [5, 5.41) is 16.8. The number of pyridine rings is 1. The quantitative estimate of drug-likeness (QED) is 0.392. The molecule has 0 radical (unpaired) electrons. The summed E-state index contributed by atoms with van der Waals surface area (Å²) >= 11 is 0. The Morgan fingerprint density at radius 3 is 3.03 bits per heavy atom. The number of nitrogens with zero attached hydrogens (tertiary/aromatic N) is 4. The standard InChI is InChI=1S/C24H25N5O4/c30-23(31)13-17(16-7-9-19-20(11-16)32-14-26-19)12-22-28-21(29-33-22)5-1-4-18-8-6-15-3-2-10-25-24(15)27-18/h6-9,11,14,17H,1-5,10,12-13H2,(H,25,27)(H,30,31). The summed E-state index contributed by atoms with van der Waals surface area (Å²) in [6, 6.07) is 9.78. The minimum absolute atomic E-state index is 0.0462. The Hall–Kier alpha value is -3.75. The van der Waals surface area contributed by atoms with Crippen molar-refractivity contribution in [2.75, 3.05) is 11.9 Å². The third-order valence-corrected chi connectivity index (χ3v) is 5.96. The molecule has 0 aliphatic carbocycles. The van der Waals surface area contributed by atoms with Crippen LogP contribution in [-0.2, 0) is 30.5 Å². The summed E-state index contributed by atoms with van der Waals surface area (Å²) in [6.45, 7) is 0.976. The van der Waals surface area contributed by atoms with E-state index in [0.717, 1.165) is 54.8 Å². The number of carbonyl (C=O) groups is 1. The molecule has 3 aromatic heterocycles. The summed E-state index contributed by atoms with van der Waals surface area (Å²) in [7, 11) is 0. The molecule has 1 unspecified atom stereocenters. The van der Waals surface area contributed by atoms with E-state index in [0.29, 0.717) is 30.1 Å². The van der Waals surface area contributed by atoms with E-state index in [1.165, 1.54) is 12.0 Å². The normalized spacial score (nSPS) is 14.1. The first kappa shape index (κ1) is 21.1. The van der Waals surface area contributed by atoms with Crippen molar-refractivity contribution in [2.45, 2.75) is 50.9 Å². The van der Waals surface area contributed by atoms with Crippen LogP contribution in [0.2, 0.25) is 0 Å². The number of nitrogens with one attached hydrogen (secondary N) is 1. The Labute approximate surface area is 190 Å². The highest BCUT2D eigenvalue weighted by atomic mass is 16.5. The third kappa shape index (κ3) is 5.02. The molecule has 9 heteroatoms. The number of hydrogen-bond acceptors (Lipinski definition) is 8. The van der Waals surface area contributed by atoms with Gasteiger partial charge in [0, 0.05) is 31.0 Å². The van der Waals surface area contributed by atoms with Gasteiger partial charge in [0.2, 0.25) is 5.89 Å². The van der Waals surface area contributed by atoms with Crippen molar-refractivity contribution >= 4 is 22.9 Å². The Kier molecular flexibility index (Phi) is 6.01. The molecule has 0 bridgehead atoms. The summed E-state index contributed by atoms with van der Waals surface area (Å²) < 4.78 is 10.8. The number of oxazole rings is 1. The molecule has 1 aliphatic rings. The van der Waals surface area contributed by atoms with Crippen LogP contribution in [-0.4, -0.2) is 37.7 Å². The number of aromatic nitrogens is 4. The van der Waals surface area contributed by atoms with Gasteiger partial charge in [0.05, 0.1) is 6.42 Å². The van der Waals surface area contributed by atoms with Crippen LogP contribution in [0, 0.1) is 0 Å². The molecule has 170 valence electrons. The van der Waals surface area contributed by atoms with Crippen molar-refractivity contribution in [3.05, 3.63) is 65.3 Å². The van der Waals surface area contributed by atoms with Crippen LogP contribution in [0.15, 0.2) is 45.7 Å². The average molecular weight is 447 g/mol. The molecule has 1 aromatic carbocycles. The predicted octanol–water partition coefficient (Wildman–Crippen LogP) is 3.94. The second-order valence-corrected chi connectivity index (χ2v) is 8.38. The van der Waals surface area contributed by atoms with Crippen LogP contribution in [0.4, 0.5) is 5.82 Å². The van der Waals surface area contributed by atoms with E-state index in [2.05, 4.69) is 32.6 Å². The van der Waals surface area contributed by atoms with Crippen LogP contribution in [0.5, 0.6) is 0 Å². The molecule has 9 nitrogen and oxygen atoms in total. The van der Waals surface area contributed by atoms with Gasteiger partial charge in [-0.15, -0.1) is 0 Å². The average Bonchev–Trinajstić information content (AvgIpc) is 3.47. The van der Waals surface area contributed by atoms with E-state index in [4.69, 9.17) is 13.9 Å². The second kappa shape index (κ2) is 9.40. The maximum Gasteiger partial charge on any atom is 0.303 e. The molecule has 1 aliphatic heterocycles. The zero-order valence-corrected chi connectivity index (χ0v) is 18.2. The SMILES string of the molecule is O=C(O)CC(Cc1nc(CCCc2ccc3c(n2)NCCC3)no1)c1ccc2ncoc2c1. The van der Waals surface area contributed by atoms with Gasteiger partial charge >= 0.3 is 5.97 Å². The lowest BCUT2D eigenvalue weighted by Gasteiger charge is -2.17. The largest absolute Gasteiger partial charge is 0.481 e. The zero-order chi connectivity index (χ0) is 22.6. The number of aryl methyl sites for hydroxylation is 3. The van der Waals surface area contributed by atoms with E-state index < -0.39 is 5.97 Å². The highest BCUT2D eigenvalue weighted by Gasteiger charge is 2.21. The van der Waals surface area contributed by atoms with E-state index in [1.54, 1.807) is 0 Å². The molecule has 0 saturated carbocycles. The summed E-state index contributed by atoms with van der Waals surface area (Å²) in [6.07, 6.45) is 6.26. The molecule has 4 aromatic rings. The van der Waals surface area contributed by atoms with Crippen LogP contribution >= 0.6 is 0 Å². The number of benzene rings is 1. The summed E-state index contributed by atoms with van der Waals surface area (Å²) in [4.78, 5) is 24.8. The van der Waals surface area contributed by atoms with Crippen LogP contribution in [0.25, 0.3) is 11.1 Å². The fourth-order valence-electron chi connectivity index (χ4n) is 4.27. The number of anilines is 1. The smallest absolute Gasteiger partial charge is 0.303 e. The highest BCUT2D eigenvalue weighted by molar-refractivity contribution is 5.74. The lowest BCUT2D eigenvalue weighted by atomic mass is 9.92. The minimum atomic E-state index is -0.885. The number of fused-ring (bicyclic) bond motifs is 2. The third-order valence-electron chi connectivity index (χ3n) is 5.96. The highest BCUT2D eigenvalue weighted by Crippen LogP contribution is 2.27. The van der Waals surface area contributed by atoms with Gasteiger partial charge in [-0.2, -0.15) is 4.98 Å². The van der Waals surface area contributed by atoms with Gasteiger partial charge in [-0.05, 0) is 55.0 Å². The number of carboxylic acids is 1. The van der Waals surface area contributed by atoms with Crippen molar-refractivity contribution in [2.24, 2.45) is 0 Å². The van der Waals surface area contributed by atoms with Gasteiger partial charge in [-0.25, -0.2) is 9.97 Å².